The summed E-state index contributed by atoms with van der Waals surface area (Å²) in [7, 11) is 0. The number of ketones is 1. The number of Topliss-reactive ketones (excluding diaryl/α,β-unsaturated/α-hetero) is 1. The lowest BCUT2D eigenvalue weighted by molar-refractivity contribution is -0.119. The third-order valence-electron chi connectivity index (χ3n) is 5.84. The van der Waals surface area contributed by atoms with Gasteiger partial charge in [-0.25, -0.2) is 0 Å². The van der Waals surface area contributed by atoms with Gasteiger partial charge in [-0.05, 0) is 61.0 Å². The van der Waals surface area contributed by atoms with Crippen molar-refractivity contribution in [3.8, 4) is 12.3 Å². The zero-order valence-corrected chi connectivity index (χ0v) is 11.8. The second kappa shape index (κ2) is 4.10. The molecule has 3 rings (SSSR count). The maximum Gasteiger partial charge on any atom is 0.158 e. The molecule has 0 aromatic heterocycles. The van der Waals surface area contributed by atoms with Crippen molar-refractivity contribution in [3.63, 3.8) is 0 Å². The summed E-state index contributed by atoms with van der Waals surface area (Å²) in [5, 5.41) is 0. The minimum Gasteiger partial charge on any atom is -0.295 e. The van der Waals surface area contributed by atoms with Crippen LogP contribution in [0, 0.1) is 29.1 Å². The Balaban J connectivity index is 0.00000147. The average Bonchev–Trinajstić information content (AvgIpc) is 2.43. The van der Waals surface area contributed by atoms with Crippen molar-refractivity contribution in [1.29, 1.82) is 0 Å². The molecule has 0 N–H and O–H groups in total. The number of allylic oxidation sites excluding steroid dienone is 3. The highest BCUT2D eigenvalue weighted by molar-refractivity contribution is 5.96. The minimum absolute atomic E-state index is 0. The summed E-state index contributed by atoms with van der Waals surface area (Å²) < 4.78 is 0. The molecule has 0 bridgehead atoms. The van der Waals surface area contributed by atoms with Gasteiger partial charge in [-0.15, -0.1) is 6.42 Å². The normalized spacial score (nSPS) is 41.9. The van der Waals surface area contributed by atoms with E-state index < -0.39 is 0 Å². The van der Waals surface area contributed by atoms with Gasteiger partial charge in [0.1, 0.15) is 0 Å². The number of rotatable bonds is 0. The summed E-state index contributed by atoms with van der Waals surface area (Å²) in [6.07, 6.45) is 15.4. The molecule has 1 heteroatoms. The predicted octanol–water partition coefficient (Wildman–Crippen LogP) is 4.30. The smallest absolute Gasteiger partial charge is 0.158 e. The van der Waals surface area contributed by atoms with Crippen LogP contribution in [0.3, 0.4) is 0 Å². The first-order valence-corrected chi connectivity index (χ1v) is 7.44. The molecule has 0 saturated heterocycles. The molecule has 3 aliphatic rings. The van der Waals surface area contributed by atoms with E-state index in [-0.39, 0.29) is 18.0 Å². The average molecular weight is 256 g/mol. The summed E-state index contributed by atoms with van der Waals surface area (Å²) in [4.78, 5) is 11.9. The van der Waals surface area contributed by atoms with E-state index in [1.165, 1.54) is 12.0 Å². The van der Waals surface area contributed by atoms with Gasteiger partial charge >= 0.3 is 0 Å². The van der Waals surface area contributed by atoms with Crippen molar-refractivity contribution in [1.82, 2.24) is 0 Å². The van der Waals surface area contributed by atoms with E-state index in [1.807, 2.05) is 0 Å². The maximum absolute atomic E-state index is 11.9. The predicted molar refractivity (Wildman–Crippen MR) is 79.5 cm³/mol. The highest BCUT2D eigenvalue weighted by Crippen LogP contribution is 2.62. The largest absolute Gasteiger partial charge is 0.295 e. The zero-order chi connectivity index (χ0) is 13.7. The Morgan fingerprint density at radius 3 is 3.00 bits per heavy atom. The standard InChI is InChI=1S/C18H22O.H2/c1-4-18-10-6-5-7-16(18)17(3)11-9-15(19)13(2)14(17)8-12-18;/h1,7,14H,2,5-6,8-12H2,3H3;1H/t14?,17-,18+;/m0./s1. The molecule has 1 unspecified atom stereocenters. The van der Waals surface area contributed by atoms with E-state index in [9.17, 15) is 4.79 Å². The summed E-state index contributed by atoms with van der Waals surface area (Å²) in [6, 6.07) is 0. The van der Waals surface area contributed by atoms with Gasteiger partial charge in [0.2, 0.25) is 0 Å². The molecule has 19 heavy (non-hydrogen) atoms. The van der Waals surface area contributed by atoms with Crippen molar-refractivity contribution in [2.75, 3.05) is 0 Å². The maximum atomic E-state index is 11.9. The van der Waals surface area contributed by atoms with Crippen LogP contribution >= 0.6 is 0 Å². The van der Waals surface area contributed by atoms with E-state index in [2.05, 4.69) is 25.5 Å². The molecule has 3 atom stereocenters. The first-order chi connectivity index (χ1) is 9.03. The van der Waals surface area contributed by atoms with Crippen LogP contribution in [-0.4, -0.2) is 5.78 Å². The van der Waals surface area contributed by atoms with E-state index in [1.54, 1.807) is 0 Å². The number of hydrogen-bond donors (Lipinski definition) is 0. The van der Waals surface area contributed by atoms with E-state index in [4.69, 9.17) is 6.42 Å². The van der Waals surface area contributed by atoms with Crippen molar-refractivity contribution in [2.24, 2.45) is 16.7 Å². The molecule has 0 aliphatic heterocycles. The summed E-state index contributed by atoms with van der Waals surface area (Å²) >= 11 is 0. The molecule has 0 heterocycles. The zero-order valence-electron chi connectivity index (χ0n) is 11.8. The van der Waals surface area contributed by atoms with E-state index in [0.29, 0.717) is 12.3 Å². The molecule has 0 amide bonds. The highest BCUT2D eigenvalue weighted by atomic mass is 16.1. The van der Waals surface area contributed by atoms with Crippen LogP contribution in [0.5, 0.6) is 0 Å². The molecule has 3 aliphatic carbocycles. The lowest BCUT2D eigenvalue weighted by atomic mass is 9.48. The fourth-order valence-corrected chi connectivity index (χ4v) is 4.73. The van der Waals surface area contributed by atoms with Crippen LogP contribution in [0.1, 0.15) is 53.3 Å². The Morgan fingerprint density at radius 1 is 1.47 bits per heavy atom. The summed E-state index contributed by atoms with van der Waals surface area (Å²) in [5.74, 6) is 3.71. The second-order valence-electron chi connectivity index (χ2n) is 6.69. The molecule has 2 saturated carbocycles. The van der Waals surface area contributed by atoms with Gasteiger partial charge in [-0.3, -0.25) is 4.79 Å². The third kappa shape index (κ3) is 1.59. The van der Waals surface area contributed by atoms with Crippen molar-refractivity contribution >= 4 is 5.78 Å². The van der Waals surface area contributed by atoms with E-state index in [0.717, 1.165) is 37.7 Å². The molecule has 102 valence electrons. The van der Waals surface area contributed by atoms with Crippen LogP contribution < -0.4 is 0 Å². The fraction of sp³-hybridized carbons (Fsp3) is 0.611. The Bertz CT molecular complexity index is 524. The van der Waals surface area contributed by atoms with Crippen molar-refractivity contribution < 1.29 is 6.22 Å². The molecule has 0 spiro atoms. The quantitative estimate of drug-likeness (QED) is 0.359. The summed E-state index contributed by atoms with van der Waals surface area (Å²) in [5.41, 5.74) is 2.37. The fourth-order valence-electron chi connectivity index (χ4n) is 4.73. The van der Waals surface area contributed by atoms with E-state index >= 15 is 0 Å². The Kier molecular flexibility index (Phi) is 2.75. The van der Waals surface area contributed by atoms with Crippen LogP contribution in [-0.2, 0) is 4.79 Å². The topological polar surface area (TPSA) is 17.1 Å². The number of carbonyl (C=O) groups excluding carboxylic acids is 1. The van der Waals surface area contributed by atoms with Gasteiger partial charge in [-0.2, -0.15) is 0 Å². The van der Waals surface area contributed by atoms with Gasteiger partial charge in [-0.1, -0.05) is 25.5 Å². The SMILES string of the molecule is C#C[C@]12CCCC=C1[C@@]1(C)CCC(=O)C(=C)C1CC2.[HH]. The number of hydrogen-bond acceptors (Lipinski definition) is 1. The monoisotopic (exact) mass is 256 g/mol. The first kappa shape index (κ1) is 12.7. The van der Waals surface area contributed by atoms with Crippen molar-refractivity contribution in [3.05, 3.63) is 23.8 Å². The molecule has 1 nitrogen and oxygen atoms in total. The van der Waals surface area contributed by atoms with Crippen LogP contribution in [0.15, 0.2) is 23.8 Å². The molecule has 2 fully saturated rings. The minimum atomic E-state index is -0.0236. The molecule has 0 radical (unpaired) electrons. The number of fused-ring (bicyclic) bond motifs is 3. The van der Waals surface area contributed by atoms with Crippen molar-refractivity contribution in [2.45, 2.75) is 51.9 Å². The van der Waals surface area contributed by atoms with Crippen LogP contribution in [0.4, 0.5) is 0 Å². The first-order valence-electron chi connectivity index (χ1n) is 7.44. The summed E-state index contributed by atoms with van der Waals surface area (Å²) in [6.45, 7) is 6.40. The lowest BCUT2D eigenvalue weighted by Crippen LogP contribution is -2.48. The van der Waals surface area contributed by atoms with Gasteiger partial charge in [0, 0.05) is 7.85 Å². The number of terminal acetylenes is 1. The van der Waals surface area contributed by atoms with Crippen LogP contribution in [0.2, 0.25) is 0 Å². The van der Waals surface area contributed by atoms with Crippen LogP contribution in [0.25, 0.3) is 0 Å². The molecular formula is C18H24O. The van der Waals surface area contributed by atoms with Gasteiger partial charge in [0.25, 0.3) is 0 Å². The van der Waals surface area contributed by atoms with Gasteiger partial charge < -0.3 is 0 Å². The number of carbonyl (C=O) groups is 1. The second-order valence-corrected chi connectivity index (χ2v) is 6.69. The Hall–Kier alpha value is -1.29. The highest BCUT2D eigenvalue weighted by Gasteiger charge is 2.54. The third-order valence-corrected chi connectivity index (χ3v) is 5.84. The molecular weight excluding hydrogens is 232 g/mol. The Labute approximate surface area is 117 Å². The van der Waals surface area contributed by atoms with Gasteiger partial charge in [0.15, 0.2) is 5.78 Å². The lowest BCUT2D eigenvalue weighted by Gasteiger charge is -2.55. The molecule has 0 aromatic carbocycles. The van der Waals surface area contributed by atoms with Gasteiger partial charge in [0.05, 0.1) is 5.41 Å². The molecule has 0 aromatic rings. The Morgan fingerprint density at radius 2 is 2.26 bits per heavy atom.